The summed E-state index contributed by atoms with van der Waals surface area (Å²) in [5.74, 6) is 1.64. The molecule has 0 radical (unpaired) electrons. The van der Waals surface area contributed by atoms with Crippen LogP contribution in [0.1, 0.15) is 65.7 Å². The van der Waals surface area contributed by atoms with Crippen LogP contribution in [-0.4, -0.2) is 21.8 Å². The van der Waals surface area contributed by atoms with Gasteiger partial charge in [0, 0.05) is 12.1 Å². The zero-order valence-electron chi connectivity index (χ0n) is 15.9. The number of hydrogen-bond donors (Lipinski definition) is 0. The van der Waals surface area contributed by atoms with Crippen LogP contribution < -0.4 is 5.19 Å². The summed E-state index contributed by atoms with van der Waals surface area (Å²) in [6.07, 6.45) is 9.88. The molecule has 3 heteroatoms. The summed E-state index contributed by atoms with van der Waals surface area (Å²) in [7, 11) is -0.644. The summed E-state index contributed by atoms with van der Waals surface area (Å²) in [5.41, 5.74) is 0. The van der Waals surface area contributed by atoms with Crippen LogP contribution in [0, 0.1) is 11.8 Å². The second-order valence-corrected chi connectivity index (χ2v) is 12.7. The summed E-state index contributed by atoms with van der Waals surface area (Å²) in [6.45, 7) is 6.87. The van der Waals surface area contributed by atoms with Gasteiger partial charge in [-0.1, -0.05) is 76.8 Å². The minimum Gasteiger partial charge on any atom is -0.394 e. The van der Waals surface area contributed by atoms with Crippen LogP contribution in [0.4, 0.5) is 0 Å². The van der Waals surface area contributed by atoms with Crippen LogP contribution in [0.2, 0.25) is 5.04 Å². The summed E-state index contributed by atoms with van der Waals surface area (Å²) in [6, 6.07) is 10.7. The first-order chi connectivity index (χ1) is 11.5. The molecular weight excluding hydrogens is 312 g/mol. The topological polar surface area (TPSA) is 18.5 Å². The van der Waals surface area contributed by atoms with E-state index < -0.39 is 8.56 Å². The zero-order valence-corrected chi connectivity index (χ0v) is 16.9. The van der Waals surface area contributed by atoms with Gasteiger partial charge in [-0.25, -0.2) is 0 Å². The molecule has 0 heterocycles. The molecule has 0 N–H and O–H groups in total. The van der Waals surface area contributed by atoms with E-state index in [4.69, 9.17) is 8.85 Å². The number of fused-ring (bicyclic) bond motifs is 1. The molecule has 0 aliphatic heterocycles. The quantitative estimate of drug-likeness (QED) is 0.701. The van der Waals surface area contributed by atoms with Crippen LogP contribution in [0.5, 0.6) is 0 Å². The third-order valence-corrected chi connectivity index (χ3v) is 10.5. The third kappa shape index (κ3) is 3.36. The maximum Gasteiger partial charge on any atom is 0.378 e. The molecule has 0 saturated heterocycles. The summed E-state index contributed by atoms with van der Waals surface area (Å²) < 4.78 is 13.4. The highest BCUT2D eigenvalue weighted by molar-refractivity contribution is 6.83. The lowest BCUT2D eigenvalue weighted by molar-refractivity contribution is 0.00140. The lowest BCUT2D eigenvalue weighted by Crippen LogP contribution is -2.62. The first-order valence-corrected chi connectivity index (χ1v) is 11.6. The molecule has 1 unspecified atom stereocenters. The molecular formula is C21H34O2Si. The molecule has 2 nitrogen and oxygen atoms in total. The van der Waals surface area contributed by atoms with E-state index in [0.29, 0.717) is 6.10 Å². The molecule has 2 fully saturated rings. The highest BCUT2D eigenvalue weighted by atomic mass is 28.4. The van der Waals surface area contributed by atoms with Gasteiger partial charge in [0.2, 0.25) is 0 Å². The fourth-order valence-corrected chi connectivity index (χ4v) is 8.70. The van der Waals surface area contributed by atoms with E-state index in [-0.39, 0.29) is 5.04 Å². The van der Waals surface area contributed by atoms with E-state index in [1.165, 1.54) is 50.1 Å². The molecule has 134 valence electrons. The van der Waals surface area contributed by atoms with E-state index in [1.54, 1.807) is 0 Å². The Morgan fingerprint density at radius 1 is 0.917 bits per heavy atom. The van der Waals surface area contributed by atoms with E-state index in [0.717, 1.165) is 11.8 Å². The van der Waals surface area contributed by atoms with Crippen LogP contribution in [0.25, 0.3) is 0 Å². The van der Waals surface area contributed by atoms with Crippen molar-refractivity contribution in [3.05, 3.63) is 30.3 Å². The molecule has 3 rings (SSSR count). The Morgan fingerprint density at radius 2 is 1.58 bits per heavy atom. The minimum atomic E-state index is -2.51. The Balaban J connectivity index is 1.92. The van der Waals surface area contributed by atoms with Crippen molar-refractivity contribution >= 4 is 13.7 Å². The van der Waals surface area contributed by atoms with Crippen molar-refractivity contribution in [2.45, 2.75) is 76.9 Å². The van der Waals surface area contributed by atoms with Crippen molar-refractivity contribution in [2.24, 2.45) is 11.8 Å². The zero-order chi connectivity index (χ0) is 17.2. The van der Waals surface area contributed by atoms with Crippen molar-refractivity contribution < 1.29 is 8.85 Å². The highest BCUT2D eigenvalue weighted by Gasteiger charge is 2.53. The van der Waals surface area contributed by atoms with Crippen molar-refractivity contribution in [3.63, 3.8) is 0 Å². The molecule has 4 atom stereocenters. The van der Waals surface area contributed by atoms with Crippen molar-refractivity contribution in [2.75, 3.05) is 7.11 Å². The van der Waals surface area contributed by atoms with Gasteiger partial charge in [0.25, 0.3) is 0 Å². The number of benzene rings is 1. The van der Waals surface area contributed by atoms with E-state index in [9.17, 15) is 0 Å². The maximum atomic E-state index is 7.06. The average Bonchev–Trinajstić information content (AvgIpc) is 2.59. The Bertz CT molecular complexity index is 522. The van der Waals surface area contributed by atoms with Crippen molar-refractivity contribution in [1.82, 2.24) is 0 Å². The second kappa shape index (κ2) is 7.31. The molecule has 0 spiro atoms. The van der Waals surface area contributed by atoms with Gasteiger partial charge in [-0.05, 0) is 36.3 Å². The van der Waals surface area contributed by atoms with Gasteiger partial charge in [0.15, 0.2) is 0 Å². The molecule has 0 amide bonds. The largest absolute Gasteiger partial charge is 0.394 e. The van der Waals surface area contributed by atoms with Crippen molar-refractivity contribution in [1.29, 1.82) is 0 Å². The molecule has 24 heavy (non-hydrogen) atoms. The summed E-state index contributed by atoms with van der Waals surface area (Å²) >= 11 is 0. The molecule has 2 aliphatic carbocycles. The Labute approximate surface area is 149 Å². The summed E-state index contributed by atoms with van der Waals surface area (Å²) in [5, 5.41) is 1.28. The van der Waals surface area contributed by atoms with Crippen LogP contribution in [0.3, 0.4) is 0 Å². The first kappa shape index (κ1) is 18.2. The van der Waals surface area contributed by atoms with Gasteiger partial charge in [-0.3, -0.25) is 0 Å². The molecule has 1 aromatic carbocycles. The lowest BCUT2D eigenvalue weighted by Gasteiger charge is -2.48. The van der Waals surface area contributed by atoms with E-state index in [1.807, 2.05) is 7.11 Å². The monoisotopic (exact) mass is 346 g/mol. The van der Waals surface area contributed by atoms with E-state index in [2.05, 4.69) is 51.1 Å². The predicted molar refractivity (Wildman–Crippen MR) is 103 cm³/mol. The highest BCUT2D eigenvalue weighted by Crippen LogP contribution is 2.45. The van der Waals surface area contributed by atoms with Gasteiger partial charge in [0.1, 0.15) is 0 Å². The minimum absolute atomic E-state index is 0.00468. The van der Waals surface area contributed by atoms with Crippen LogP contribution in [-0.2, 0) is 8.85 Å². The van der Waals surface area contributed by atoms with Gasteiger partial charge in [0.05, 0.1) is 6.10 Å². The Morgan fingerprint density at radius 3 is 2.25 bits per heavy atom. The van der Waals surface area contributed by atoms with E-state index >= 15 is 0 Å². The fourth-order valence-electron chi connectivity index (χ4n) is 5.05. The van der Waals surface area contributed by atoms with Gasteiger partial charge >= 0.3 is 8.56 Å². The normalized spacial score (nSPS) is 30.4. The molecule has 0 bridgehead atoms. The first-order valence-electron chi connectivity index (χ1n) is 9.76. The standard InChI is InChI=1S/C21H34O2Si/c1-21(2,3)24(22-4,18-13-6-5-7-14-18)23-20-16-10-12-17-11-8-9-15-19(17)20/h5-7,13-14,17,19-20H,8-12,15-16H2,1-4H3/t17-,19+,20+,24?/m0/s1. The van der Waals surface area contributed by atoms with Crippen molar-refractivity contribution in [3.8, 4) is 0 Å². The Kier molecular flexibility index (Phi) is 5.53. The lowest BCUT2D eigenvalue weighted by atomic mass is 9.69. The third-order valence-electron chi connectivity index (χ3n) is 6.25. The summed E-state index contributed by atoms with van der Waals surface area (Å²) in [4.78, 5) is 0. The van der Waals surface area contributed by atoms with Gasteiger partial charge in [-0.15, -0.1) is 0 Å². The molecule has 1 aromatic rings. The Hall–Kier alpha value is -0.643. The maximum absolute atomic E-state index is 7.06. The molecule has 2 aliphatic rings. The average molecular weight is 347 g/mol. The number of hydrogen-bond acceptors (Lipinski definition) is 2. The van der Waals surface area contributed by atoms with Gasteiger partial charge in [-0.2, -0.15) is 0 Å². The SMILES string of the molecule is CO[Si](O[C@@H]1CCC[C@@H]2CCCC[C@H]21)(c1ccccc1)C(C)(C)C. The fraction of sp³-hybridized carbons (Fsp3) is 0.714. The predicted octanol–water partition coefficient (Wildman–Crippen LogP) is 5.16. The smallest absolute Gasteiger partial charge is 0.378 e. The second-order valence-electron chi connectivity index (χ2n) is 8.73. The van der Waals surface area contributed by atoms with Crippen LogP contribution in [0.15, 0.2) is 30.3 Å². The molecule has 0 aromatic heterocycles. The number of rotatable bonds is 4. The van der Waals surface area contributed by atoms with Gasteiger partial charge < -0.3 is 8.85 Å². The van der Waals surface area contributed by atoms with Crippen LogP contribution >= 0.6 is 0 Å². The molecule has 2 saturated carbocycles.